The van der Waals surface area contributed by atoms with E-state index < -0.39 is 0 Å². The lowest BCUT2D eigenvalue weighted by Gasteiger charge is -2.10. The number of rotatable bonds is 7. The Bertz CT molecular complexity index is 760. The highest BCUT2D eigenvalue weighted by Crippen LogP contribution is 2.22. The van der Waals surface area contributed by atoms with Gasteiger partial charge in [0.05, 0.1) is 5.75 Å². The van der Waals surface area contributed by atoms with Gasteiger partial charge in [-0.2, -0.15) is 0 Å². The number of hydrogen-bond donors (Lipinski definition) is 1. The first-order valence-electron chi connectivity index (χ1n) is 7.70. The van der Waals surface area contributed by atoms with E-state index in [1.807, 2.05) is 40.0 Å². The minimum Gasteiger partial charge on any atom is -0.370 e. The minimum absolute atomic E-state index is 0.0803. The van der Waals surface area contributed by atoms with Crippen LogP contribution in [-0.4, -0.2) is 32.2 Å². The quantitative estimate of drug-likeness (QED) is 0.612. The van der Waals surface area contributed by atoms with Crippen molar-refractivity contribution in [3.63, 3.8) is 0 Å². The number of thioether (sulfide) groups is 1. The van der Waals surface area contributed by atoms with Crippen molar-refractivity contribution < 1.29 is 9.59 Å². The summed E-state index contributed by atoms with van der Waals surface area (Å²) < 4.78 is 1.80. The standard InChI is InChI=1S/C17H22N4O2S/c1-10-7-11(2)16(12(3)8-10)13(22)9-24-17-20-19-15(21(17)4)6-5-14(18)23/h7-8H,5-6,9H2,1-4H3,(H2,18,23). The Hall–Kier alpha value is -2.15. The van der Waals surface area contributed by atoms with E-state index in [0.717, 1.165) is 22.3 Å². The smallest absolute Gasteiger partial charge is 0.217 e. The van der Waals surface area contributed by atoms with Crippen molar-refractivity contribution in [3.8, 4) is 0 Å². The van der Waals surface area contributed by atoms with E-state index in [-0.39, 0.29) is 18.1 Å². The third-order valence-corrected chi connectivity index (χ3v) is 4.83. The number of ketones is 1. The number of aryl methyl sites for hydroxylation is 4. The topological polar surface area (TPSA) is 90.9 Å². The third kappa shape index (κ3) is 4.23. The highest BCUT2D eigenvalue weighted by molar-refractivity contribution is 7.99. The molecule has 1 aromatic heterocycles. The Labute approximate surface area is 145 Å². The molecular weight excluding hydrogens is 324 g/mol. The van der Waals surface area contributed by atoms with Crippen molar-refractivity contribution in [2.45, 2.75) is 38.8 Å². The molecule has 1 amide bonds. The number of carbonyl (C=O) groups excluding carboxylic acids is 2. The average molecular weight is 346 g/mol. The normalized spacial score (nSPS) is 10.8. The largest absolute Gasteiger partial charge is 0.370 e. The number of amides is 1. The van der Waals surface area contributed by atoms with E-state index in [0.29, 0.717) is 23.2 Å². The van der Waals surface area contributed by atoms with Crippen LogP contribution in [0.4, 0.5) is 0 Å². The predicted octanol–water partition coefficient (Wildman–Crippen LogP) is 2.13. The number of Topliss-reactive ketones (excluding diaryl/α,β-unsaturated/α-hetero) is 1. The molecule has 2 aromatic rings. The summed E-state index contributed by atoms with van der Waals surface area (Å²) in [6.07, 6.45) is 0.681. The number of carbonyl (C=O) groups is 2. The fourth-order valence-electron chi connectivity index (χ4n) is 2.75. The van der Waals surface area contributed by atoms with Gasteiger partial charge in [0, 0.05) is 25.5 Å². The van der Waals surface area contributed by atoms with Crippen LogP contribution in [0.1, 0.15) is 39.3 Å². The van der Waals surface area contributed by atoms with Crippen LogP contribution in [-0.2, 0) is 18.3 Å². The summed E-state index contributed by atoms with van der Waals surface area (Å²) in [6.45, 7) is 5.94. The summed E-state index contributed by atoms with van der Waals surface area (Å²) in [6, 6.07) is 4.05. The second-order valence-corrected chi connectivity index (χ2v) is 6.85. The molecule has 24 heavy (non-hydrogen) atoms. The zero-order chi connectivity index (χ0) is 17.9. The number of nitrogens with two attached hydrogens (primary N) is 1. The van der Waals surface area contributed by atoms with Crippen molar-refractivity contribution >= 4 is 23.5 Å². The van der Waals surface area contributed by atoms with E-state index in [4.69, 9.17) is 5.73 Å². The van der Waals surface area contributed by atoms with E-state index in [1.165, 1.54) is 11.8 Å². The van der Waals surface area contributed by atoms with Gasteiger partial charge in [-0.15, -0.1) is 10.2 Å². The van der Waals surface area contributed by atoms with E-state index in [1.54, 1.807) is 4.57 Å². The predicted molar refractivity (Wildman–Crippen MR) is 94.2 cm³/mol. The average Bonchev–Trinajstić information content (AvgIpc) is 2.82. The number of nitrogens with zero attached hydrogens (tertiary/aromatic N) is 3. The van der Waals surface area contributed by atoms with Crippen molar-refractivity contribution in [1.82, 2.24) is 14.8 Å². The maximum Gasteiger partial charge on any atom is 0.217 e. The van der Waals surface area contributed by atoms with Crippen LogP contribution in [0.5, 0.6) is 0 Å². The first-order chi connectivity index (χ1) is 11.3. The lowest BCUT2D eigenvalue weighted by atomic mass is 9.97. The Morgan fingerprint density at radius 2 is 1.79 bits per heavy atom. The Balaban J connectivity index is 2.06. The second kappa shape index (κ2) is 7.61. The van der Waals surface area contributed by atoms with Crippen LogP contribution >= 0.6 is 11.8 Å². The molecule has 0 spiro atoms. The van der Waals surface area contributed by atoms with Crippen molar-refractivity contribution in [1.29, 1.82) is 0 Å². The SMILES string of the molecule is Cc1cc(C)c(C(=O)CSc2nnc(CCC(N)=O)n2C)c(C)c1. The highest BCUT2D eigenvalue weighted by atomic mass is 32.2. The van der Waals surface area contributed by atoms with Crippen molar-refractivity contribution in [2.24, 2.45) is 12.8 Å². The number of primary amides is 1. The number of benzene rings is 1. The molecule has 0 aliphatic carbocycles. The van der Waals surface area contributed by atoms with Gasteiger partial charge in [0.15, 0.2) is 10.9 Å². The molecule has 0 bridgehead atoms. The molecule has 2 N–H and O–H groups in total. The molecule has 0 atom stereocenters. The Kier molecular flexibility index (Phi) is 5.77. The highest BCUT2D eigenvalue weighted by Gasteiger charge is 2.16. The van der Waals surface area contributed by atoms with Gasteiger partial charge in [-0.3, -0.25) is 9.59 Å². The summed E-state index contributed by atoms with van der Waals surface area (Å²) in [4.78, 5) is 23.4. The molecule has 0 unspecified atom stereocenters. The van der Waals surface area contributed by atoms with Gasteiger partial charge in [0.2, 0.25) is 5.91 Å². The lowest BCUT2D eigenvalue weighted by Crippen LogP contribution is -2.13. The number of aromatic nitrogens is 3. The van der Waals surface area contributed by atoms with Gasteiger partial charge in [0.25, 0.3) is 0 Å². The summed E-state index contributed by atoms with van der Waals surface area (Å²) in [5, 5.41) is 8.81. The van der Waals surface area contributed by atoms with Crippen LogP contribution in [0.15, 0.2) is 17.3 Å². The molecule has 6 nitrogen and oxygen atoms in total. The third-order valence-electron chi connectivity index (χ3n) is 3.81. The molecule has 1 aromatic carbocycles. The first kappa shape index (κ1) is 18.2. The Morgan fingerprint density at radius 3 is 2.38 bits per heavy atom. The number of hydrogen-bond acceptors (Lipinski definition) is 5. The maximum absolute atomic E-state index is 12.6. The molecule has 0 aliphatic rings. The summed E-state index contributed by atoms with van der Waals surface area (Å²) >= 11 is 1.35. The molecular formula is C17H22N4O2S. The summed E-state index contributed by atoms with van der Waals surface area (Å²) in [5.41, 5.74) is 9.09. The van der Waals surface area contributed by atoms with Gasteiger partial charge >= 0.3 is 0 Å². The molecule has 0 fully saturated rings. The van der Waals surface area contributed by atoms with E-state index >= 15 is 0 Å². The minimum atomic E-state index is -0.368. The van der Waals surface area contributed by atoms with Gasteiger partial charge < -0.3 is 10.3 Å². The van der Waals surface area contributed by atoms with E-state index in [9.17, 15) is 9.59 Å². The van der Waals surface area contributed by atoms with Crippen molar-refractivity contribution in [2.75, 3.05) is 5.75 Å². The summed E-state index contributed by atoms with van der Waals surface area (Å²) in [7, 11) is 1.82. The molecule has 0 saturated heterocycles. The molecule has 0 radical (unpaired) electrons. The molecule has 1 heterocycles. The van der Waals surface area contributed by atoms with Gasteiger partial charge in [-0.25, -0.2) is 0 Å². The van der Waals surface area contributed by atoms with Gasteiger partial charge in [-0.05, 0) is 31.9 Å². The fourth-order valence-corrected chi connectivity index (χ4v) is 3.55. The first-order valence-corrected chi connectivity index (χ1v) is 8.68. The summed E-state index contributed by atoms with van der Waals surface area (Å²) in [5.74, 6) is 0.697. The van der Waals surface area contributed by atoms with Crippen LogP contribution < -0.4 is 5.73 Å². The van der Waals surface area contributed by atoms with Gasteiger partial charge in [0.1, 0.15) is 5.82 Å². The van der Waals surface area contributed by atoms with Crippen molar-refractivity contribution in [3.05, 3.63) is 40.2 Å². The van der Waals surface area contributed by atoms with Crippen LogP contribution in [0.25, 0.3) is 0 Å². The second-order valence-electron chi connectivity index (χ2n) is 5.91. The lowest BCUT2D eigenvalue weighted by molar-refractivity contribution is -0.118. The molecule has 7 heteroatoms. The fraction of sp³-hybridized carbons (Fsp3) is 0.412. The monoisotopic (exact) mass is 346 g/mol. The maximum atomic E-state index is 12.6. The molecule has 0 saturated carbocycles. The van der Waals surface area contributed by atoms with E-state index in [2.05, 4.69) is 10.2 Å². The zero-order valence-corrected chi connectivity index (χ0v) is 15.2. The molecule has 0 aliphatic heterocycles. The van der Waals surface area contributed by atoms with Crippen LogP contribution in [0, 0.1) is 20.8 Å². The zero-order valence-electron chi connectivity index (χ0n) is 14.4. The van der Waals surface area contributed by atoms with Crippen LogP contribution in [0.3, 0.4) is 0 Å². The molecule has 2 rings (SSSR count). The van der Waals surface area contributed by atoms with Gasteiger partial charge in [-0.1, -0.05) is 29.5 Å². The van der Waals surface area contributed by atoms with Crippen LogP contribution in [0.2, 0.25) is 0 Å². The Morgan fingerprint density at radius 1 is 1.17 bits per heavy atom. The molecule has 128 valence electrons.